The molecule has 2 heterocycles. The van der Waals surface area contributed by atoms with E-state index in [-0.39, 0.29) is 6.10 Å². The minimum atomic E-state index is 0.220. The van der Waals surface area contributed by atoms with Crippen LogP contribution in [0.5, 0.6) is 5.75 Å². The van der Waals surface area contributed by atoms with Gasteiger partial charge in [0.15, 0.2) is 0 Å². The third-order valence-corrected chi connectivity index (χ3v) is 4.67. The summed E-state index contributed by atoms with van der Waals surface area (Å²) in [7, 11) is 0. The Morgan fingerprint density at radius 2 is 2.00 bits per heavy atom. The van der Waals surface area contributed by atoms with Gasteiger partial charge < -0.3 is 4.74 Å². The number of hydrogen-bond acceptors (Lipinski definition) is 1. The van der Waals surface area contributed by atoms with Crippen molar-refractivity contribution in [2.75, 3.05) is 0 Å². The second-order valence-electron chi connectivity index (χ2n) is 6.77. The van der Waals surface area contributed by atoms with E-state index in [1.165, 1.54) is 22.3 Å². The Kier molecular flexibility index (Phi) is 3.85. The highest BCUT2D eigenvalue weighted by molar-refractivity contribution is 5.45. The van der Waals surface area contributed by atoms with Gasteiger partial charge in [0.2, 0.25) is 6.33 Å². The van der Waals surface area contributed by atoms with E-state index < -0.39 is 0 Å². The number of fused-ring (bicyclic) bond motifs is 1. The lowest BCUT2D eigenvalue weighted by Gasteiger charge is -2.07. The van der Waals surface area contributed by atoms with Gasteiger partial charge in [0.1, 0.15) is 37.3 Å². The fourth-order valence-electron chi connectivity index (χ4n) is 3.55. The van der Waals surface area contributed by atoms with E-state index in [4.69, 9.17) is 4.74 Å². The first-order valence-electron chi connectivity index (χ1n) is 8.53. The molecule has 3 aromatic rings. The van der Waals surface area contributed by atoms with E-state index in [0.717, 1.165) is 25.3 Å². The molecule has 122 valence electrons. The Labute approximate surface area is 143 Å². The number of rotatable bonds is 4. The fourth-order valence-corrected chi connectivity index (χ4v) is 3.55. The van der Waals surface area contributed by atoms with Crippen LogP contribution < -0.4 is 9.30 Å². The van der Waals surface area contributed by atoms with Crippen molar-refractivity contribution >= 4 is 0 Å². The first kappa shape index (κ1) is 15.0. The average Bonchev–Trinajstić information content (AvgIpc) is 3.15. The minimum Gasteiger partial charge on any atom is -0.486 e. The van der Waals surface area contributed by atoms with Crippen molar-refractivity contribution in [1.29, 1.82) is 0 Å². The van der Waals surface area contributed by atoms with Crippen molar-refractivity contribution in [3.63, 3.8) is 0 Å². The van der Waals surface area contributed by atoms with Crippen molar-refractivity contribution < 1.29 is 9.30 Å². The first-order chi connectivity index (χ1) is 11.7. The van der Waals surface area contributed by atoms with Crippen LogP contribution >= 0.6 is 0 Å². The number of ether oxygens (including phenoxy) is 1. The molecular weight excluding hydrogens is 296 g/mol. The van der Waals surface area contributed by atoms with Crippen LogP contribution in [0.3, 0.4) is 0 Å². The van der Waals surface area contributed by atoms with Gasteiger partial charge in [0.05, 0.1) is 0 Å². The third kappa shape index (κ3) is 3.07. The molecule has 1 aliphatic heterocycles. The van der Waals surface area contributed by atoms with Gasteiger partial charge in [-0.1, -0.05) is 36.4 Å². The summed E-state index contributed by atoms with van der Waals surface area (Å²) in [5.41, 5.74) is 5.30. The van der Waals surface area contributed by atoms with Crippen molar-refractivity contribution in [1.82, 2.24) is 4.57 Å². The summed E-state index contributed by atoms with van der Waals surface area (Å²) in [4.78, 5) is 0. The van der Waals surface area contributed by atoms with Gasteiger partial charge in [-0.15, -0.1) is 0 Å². The second kappa shape index (κ2) is 6.16. The van der Waals surface area contributed by atoms with Gasteiger partial charge in [0, 0.05) is 12.0 Å². The Morgan fingerprint density at radius 3 is 2.83 bits per heavy atom. The molecule has 3 nitrogen and oxygen atoms in total. The van der Waals surface area contributed by atoms with E-state index in [1.54, 1.807) is 0 Å². The lowest BCUT2D eigenvalue weighted by molar-refractivity contribution is -0.687. The van der Waals surface area contributed by atoms with Crippen LogP contribution in [-0.4, -0.2) is 10.7 Å². The van der Waals surface area contributed by atoms with Crippen LogP contribution in [0.4, 0.5) is 0 Å². The summed E-state index contributed by atoms with van der Waals surface area (Å²) < 4.78 is 10.6. The molecule has 2 aromatic carbocycles. The zero-order valence-corrected chi connectivity index (χ0v) is 14.3. The number of nitrogens with zero attached hydrogens (tertiary/aromatic N) is 2. The lowest BCUT2D eigenvalue weighted by Crippen LogP contribution is -2.32. The van der Waals surface area contributed by atoms with E-state index in [1.807, 2.05) is 0 Å². The lowest BCUT2D eigenvalue weighted by atomic mass is 10.0. The Balaban J connectivity index is 1.43. The van der Waals surface area contributed by atoms with Crippen LogP contribution in [0.15, 0.2) is 61.2 Å². The quantitative estimate of drug-likeness (QED) is 0.674. The van der Waals surface area contributed by atoms with Crippen LogP contribution in [0.25, 0.3) is 0 Å². The van der Waals surface area contributed by atoms with E-state index in [9.17, 15) is 0 Å². The topological polar surface area (TPSA) is 18.0 Å². The Hall–Kier alpha value is -2.55. The summed E-state index contributed by atoms with van der Waals surface area (Å²) in [5.74, 6) is 1.07. The molecule has 1 aromatic heterocycles. The zero-order chi connectivity index (χ0) is 16.5. The van der Waals surface area contributed by atoms with Gasteiger partial charge in [-0.3, -0.25) is 0 Å². The second-order valence-corrected chi connectivity index (χ2v) is 6.77. The summed E-state index contributed by atoms with van der Waals surface area (Å²) in [6.45, 7) is 6.09. The SMILES string of the molecule is Cc1cc(C)c2c(c1)OC(Cn1cc[n+](Cc3ccccc3)c1)C2. The number of benzene rings is 2. The van der Waals surface area contributed by atoms with Crippen molar-refractivity contribution in [2.24, 2.45) is 0 Å². The highest BCUT2D eigenvalue weighted by Crippen LogP contribution is 2.33. The Morgan fingerprint density at radius 1 is 1.17 bits per heavy atom. The maximum Gasteiger partial charge on any atom is 0.244 e. The maximum atomic E-state index is 6.17. The zero-order valence-electron chi connectivity index (χ0n) is 14.3. The average molecular weight is 319 g/mol. The number of aryl methyl sites for hydroxylation is 2. The highest BCUT2D eigenvalue weighted by Gasteiger charge is 2.26. The molecule has 0 bridgehead atoms. The number of aromatic nitrogens is 2. The molecule has 0 fully saturated rings. The monoisotopic (exact) mass is 319 g/mol. The molecule has 3 heteroatoms. The molecule has 24 heavy (non-hydrogen) atoms. The van der Waals surface area contributed by atoms with Crippen LogP contribution in [0, 0.1) is 13.8 Å². The Bertz CT molecular complexity index is 852. The molecule has 0 aliphatic carbocycles. The summed E-state index contributed by atoms with van der Waals surface area (Å²) in [5, 5.41) is 0. The van der Waals surface area contributed by atoms with Crippen LogP contribution in [0.1, 0.15) is 22.3 Å². The van der Waals surface area contributed by atoms with Gasteiger partial charge >= 0.3 is 0 Å². The molecule has 0 saturated heterocycles. The van der Waals surface area contributed by atoms with Gasteiger partial charge in [-0.2, -0.15) is 0 Å². The standard InChI is InChI=1S/C21H23N2O/c1-16-10-17(2)20-12-19(24-21(20)11-16)14-23-9-8-22(15-23)13-18-6-4-3-5-7-18/h3-11,15,19H,12-14H2,1-2H3/q+1. The molecule has 1 unspecified atom stereocenters. The maximum absolute atomic E-state index is 6.17. The van der Waals surface area contributed by atoms with E-state index >= 15 is 0 Å². The van der Waals surface area contributed by atoms with Gasteiger partial charge in [0.25, 0.3) is 0 Å². The number of imidazole rings is 1. The molecule has 0 spiro atoms. The predicted octanol–water partition coefficient (Wildman–Crippen LogP) is 3.44. The van der Waals surface area contributed by atoms with Crippen molar-refractivity contribution in [2.45, 2.75) is 39.5 Å². The van der Waals surface area contributed by atoms with E-state index in [0.29, 0.717) is 0 Å². The number of hydrogen-bond donors (Lipinski definition) is 0. The fraction of sp³-hybridized carbons (Fsp3) is 0.286. The van der Waals surface area contributed by atoms with Crippen molar-refractivity contribution in [3.8, 4) is 5.75 Å². The van der Waals surface area contributed by atoms with Crippen molar-refractivity contribution in [3.05, 3.63) is 83.4 Å². The minimum absolute atomic E-state index is 0.220. The smallest absolute Gasteiger partial charge is 0.244 e. The normalized spacial score (nSPS) is 16.0. The molecule has 0 N–H and O–H groups in total. The van der Waals surface area contributed by atoms with Crippen LogP contribution in [-0.2, 0) is 19.5 Å². The molecule has 0 saturated carbocycles. The third-order valence-electron chi connectivity index (χ3n) is 4.67. The predicted molar refractivity (Wildman–Crippen MR) is 94.2 cm³/mol. The van der Waals surface area contributed by atoms with Crippen LogP contribution in [0.2, 0.25) is 0 Å². The van der Waals surface area contributed by atoms with Gasteiger partial charge in [-0.25, -0.2) is 9.13 Å². The molecule has 1 atom stereocenters. The van der Waals surface area contributed by atoms with E-state index in [2.05, 4.69) is 84.2 Å². The molecule has 0 radical (unpaired) electrons. The molecular formula is C21H23N2O+. The summed E-state index contributed by atoms with van der Waals surface area (Å²) >= 11 is 0. The molecule has 1 aliphatic rings. The first-order valence-corrected chi connectivity index (χ1v) is 8.53. The molecule has 4 rings (SSSR count). The summed E-state index contributed by atoms with van der Waals surface area (Å²) in [6.07, 6.45) is 7.64. The largest absolute Gasteiger partial charge is 0.486 e. The van der Waals surface area contributed by atoms with Gasteiger partial charge in [-0.05, 0) is 36.6 Å². The molecule has 0 amide bonds. The summed E-state index contributed by atoms with van der Waals surface area (Å²) in [6, 6.07) is 14.9. The highest BCUT2D eigenvalue weighted by atomic mass is 16.5.